The molecule has 0 aromatic heterocycles. The number of fused-ring (bicyclic) bond motifs is 2. The summed E-state index contributed by atoms with van der Waals surface area (Å²) in [5, 5.41) is 0. The van der Waals surface area contributed by atoms with E-state index in [2.05, 4.69) is 6.08 Å². The molecule has 2 bridgehead atoms. The fraction of sp³-hybridized carbons (Fsp3) is 0.348. The molecule has 0 saturated carbocycles. The van der Waals surface area contributed by atoms with Crippen molar-refractivity contribution in [2.24, 2.45) is 0 Å². The molecule has 4 rings (SSSR count). The number of carbonyl (C=O) groups is 1. The van der Waals surface area contributed by atoms with E-state index in [1.54, 1.807) is 0 Å². The predicted molar refractivity (Wildman–Crippen MR) is 103 cm³/mol. The second-order valence-corrected chi connectivity index (χ2v) is 7.43. The summed E-state index contributed by atoms with van der Waals surface area (Å²) in [5.41, 5.74) is 3.45. The highest BCUT2D eigenvalue weighted by atomic mass is 19.1. The number of amides is 1. The van der Waals surface area contributed by atoms with Gasteiger partial charge in [0, 0.05) is 6.04 Å². The van der Waals surface area contributed by atoms with E-state index in [-0.39, 0.29) is 24.0 Å². The lowest BCUT2D eigenvalue weighted by atomic mass is 9.83. The van der Waals surface area contributed by atoms with E-state index in [1.165, 1.54) is 17.7 Å². The number of hydrogen-bond donors (Lipinski definition) is 0. The van der Waals surface area contributed by atoms with E-state index in [0.29, 0.717) is 6.61 Å². The van der Waals surface area contributed by atoms with Gasteiger partial charge >= 0.3 is 6.09 Å². The third-order valence-electron chi connectivity index (χ3n) is 5.47. The van der Waals surface area contributed by atoms with Crippen molar-refractivity contribution in [3.8, 4) is 0 Å². The highest BCUT2D eigenvalue weighted by Gasteiger charge is 2.37. The van der Waals surface area contributed by atoms with E-state index in [9.17, 15) is 9.18 Å². The first-order valence-corrected chi connectivity index (χ1v) is 9.62. The molecule has 1 amide bonds. The zero-order chi connectivity index (χ0) is 18.6. The maximum Gasteiger partial charge on any atom is 0.410 e. The van der Waals surface area contributed by atoms with E-state index >= 15 is 0 Å². The average molecular weight is 365 g/mol. The minimum Gasteiger partial charge on any atom is -0.445 e. The summed E-state index contributed by atoms with van der Waals surface area (Å²) in [6, 6.07) is 16.8. The van der Waals surface area contributed by atoms with Gasteiger partial charge < -0.3 is 4.74 Å². The number of halogens is 1. The van der Waals surface area contributed by atoms with Crippen LogP contribution in [0, 0.1) is 5.82 Å². The summed E-state index contributed by atoms with van der Waals surface area (Å²) in [4.78, 5) is 14.7. The van der Waals surface area contributed by atoms with Crippen LogP contribution in [0.4, 0.5) is 9.18 Å². The maximum atomic E-state index is 13.1. The molecule has 0 N–H and O–H groups in total. The molecule has 2 aromatic carbocycles. The average Bonchev–Trinajstić information content (AvgIpc) is 2.68. The van der Waals surface area contributed by atoms with Crippen LogP contribution in [0.1, 0.15) is 36.8 Å². The van der Waals surface area contributed by atoms with Gasteiger partial charge in [0.2, 0.25) is 0 Å². The Hall–Kier alpha value is -2.62. The van der Waals surface area contributed by atoms with Crippen LogP contribution < -0.4 is 0 Å². The van der Waals surface area contributed by atoms with Gasteiger partial charge in [0.1, 0.15) is 12.4 Å². The summed E-state index contributed by atoms with van der Waals surface area (Å²) in [5.74, 6) is -0.208. The van der Waals surface area contributed by atoms with Gasteiger partial charge in [-0.15, -0.1) is 0 Å². The van der Waals surface area contributed by atoms with Gasteiger partial charge in [-0.3, -0.25) is 4.90 Å². The number of nitrogens with zero attached hydrogens (tertiary/aromatic N) is 1. The van der Waals surface area contributed by atoms with Crippen LogP contribution in [0.25, 0.3) is 0 Å². The number of rotatable bonds is 4. The molecule has 2 atom stereocenters. The van der Waals surface area contributed by atoms with E-state index in [4.69, 9.17) is 4.74 Å². The lowest BCUT2D eigenvalue weighted by Gasteiger charge is -2.44. The van der Waals surface area contributed by atoms with Crippen molar-refractivity contribution in [1.29, 1.82) is 0 Å². The Balaban J connectivity index is 1.43. The van der Waals surface area contributed by atoms with Crippen molar-refractivity contribution in [2.75, 3.05) is 0 Å². The first-order valence-electron chi connectivity index (χ1n) is 9.62. The van der Waals surface area contributed by atoms with Gasteiger partial charge in [0.05, 0.1) is 6.04 Å². The van der Waals surface area contributed by atoms with Crippen LogP contribution in [-0.4, -0.2) is 23.1 Å². The Bertz CT molecular complexity index is 816. The van der Waals surface area contributed by atoms with Gasteiger partial charge in [-0.25, -0.2) is 9.18 Å². The first-order chi connectivity index (χ1) is 13.2. The summed E-state index contributed by atoms with van der Waals surface area (Å²) in [6.45, 7) is 0.307. The molecule has 0 aliphatic carbocycles. The monoisotopic (exact) mass is 365 g/mol. The lowest BCUT2D eigenvalue weighted by Crippen LogP contribution is -2.52. The molecule has 2 unspecified atom stereocenters. The van der Waals surface area contributed by atoms with Crippen LogP contribution in [0.5, 0.6) is 0 Å². The molecule has 1 fully saturated rings. The van der Waals surface area contributed by atoms with Crippen LogP contribution in [0.2, 0.25) is 0 Å². The lowest BCUT2D eigenvalue weighted by molar-refractivity contribution is 0.0481. The second kappa shape index (κ2) is 7.95. The largest absolute Gasteiger partial charge is 0.445 e. The summed E-state index contributed by atoms with van der Waals surface area (Å²) in [7, 11) is 0. The van der Waals surface area contributed by atoms with Gasteiger partial charge in [-0.2, -0.15) is 0 Å². The minimum atomic E-state index is -0.217. The molecule has 140 valence electrons. The van der Waals surface area contributed by atoms with Gasteiger partial charge in [0.25, 0.3) is 0 Å². The Morgan fingerprint density at radius 3 is 2.56 bits per heavy atom. The molecule has 3 nitrogen and oxygen atoms in total. The third-order valence-corrected chi connectivity index (χ3v) is 5.47. The van der Waals surface area contributed by atoms with Crippen molar-refractivity contribution in [2.45, 2.75) is 50.8 Å². The molecule has 2 heterocycles. The third kappa shape index (κ3) is 4.21. The van der Waals surface area contributed by atoms with Crippen LogP contribution >= 0.6 is 0 Å². The maximum absolute atomic E-state index is 13.1. The second-order valence-electron chi connectivity index (χ2n) is 7.43. The standard InChI is InChI=1S/C23H24FNO2/c24-20-11-9-17(10-12-20)13-19-14-21-7-4-8-22(15-19)25(21)23(26)27-16-18-5-2-1-3-6-18/h1-3,5-6,9-12,14,21-22H,4,7-8,13,15-16H2. The molecule has 2 aromatic rings. The van der Waals surface area contributed by atoms with E-state index < -0.39 is 0 Å². The minimum absolute atomic E-state index is 0.108. The molecule has 2 aliphatic heterocycles. The highest BCUT2D eigenvalue weighted by molar-refractivity contribution is 5.69. The molecule has 27 heavy (non-hydrogen) atoms. The summed E-state index contributed by atoms with van der Waals surface area (Å²) >= 11 is 0. The molecular formula is C23H24FNO2. The number of benzene rings is 2. The van der Waals surface area contributed by atoms with Gasteiger partial charge in [-0.05, 0) is 55.4 Å². The molecule has 1 saturated heterocycles. The van der Waals surface area contributed by atoms with Crippen molar-refractivity contribution < 1.29 is 13.9 Å². The quantitative estimate of drug-likeness (QED) is 0.692. The summed E-state index contributed by atoms with van der Waals surface area (Å²) in [6.07, 6.45) is 6.82. The fourth-order valence-electron chi connectivity index (χ4n) is 4.19. The van der Waals surface area contributed by atoms with E-state index in [1.807, 2.05) is 47.4 Å². The zero-order valence-electron chi connectivity index (χ0n) is 15.3. The Labute approximate surface area is 159 Å². The van der Waals surface area contributed by atoms with E-state index in [0.717, 1.165) is 43.2 Å². The molecule has 2 aliphatic rings. The van der Waals surface area contributed by atoms with Crippen molar-refractivity contribution >= 4 is 6.09 Å². The number of ether oxygens (including phenoxy) is 1. The van der Waals surface area contributed by atoms with Crippen molar-refractivity contribution in [3.05, 3.63) is 83.2 Å². The molecular weight excluding hydrogens is 341 g/mol. The summed E-state index contributed by atoms with van der Waals surface area (Å²) < 4.78 is 18.7. The van der Waals surface area contributed by atoms with Gasteiger partial charge in [-0.1, -0.05) is 54.1 Å². The van der Waals surface area contributed by atoms with Crippen LogP contribution in [0.15, 0.2) is 66.2 Å². The predicted octanol–water partition coefficient (Wildman–Crippen LogP) is 5.26. The molecule has 4 heteroatoms. The van der Waals surface area contributed by atoms with Gasteiger partial charge in [0.15, 0.2) is 0 Å². The Morgan fingerprint density at radius 1 is 1.04 bits per heavy atom. The first kappa shape index (κ1) is 17.8. The number of piperidine rings is 1. The fourth-order valence-corrected chi connectivity index (χ4v) is 4.19. The molecule has 0 spiro atoms. The van der Waals surface area contributed by atoms with Crippen LogP contribution in [-0.2, 0) is 17.8 Å². The molecule has 0 radical (unpaired) electrons. The van der Waals surface area contributed by atoms with Crippen molar-refractivity contribution in [3.63, 3.8) is 0 Å². The van der Waals surface area contributed by atoms with Crippen molar-refractivity contribution in [1.82, 2.24) is 4.90 Å². The zero-order valence-corrected chi connectivity index (χ0v) is 15.3. The van der Waals surface area contributed by atoms with Crippen LogP contribution in [0.3, 0.4) is 0 Å². The Kier molecular flexibility index (Phi) is 5.23. The SMILES string of the molecule is O=C(OCc1ccccc1)N1C2C=C(Cc3ccc(F)cc3)CC1CCC2. The Morgan fingerprint density at radius 2 is 1.81 bits per heavy atom. The smallest absolute Gasteiger partial charge is 0.410 e. The number of hydrogen-bond acceptors (Lipinski definition) is 2. The highest BCUT2D eigenvalue weighted by Crippen LogP contribution is 2.35. The topological polar surface area (TPSA) is 29.5 Å². The number of carbonyl (C=O) groups excluding carboxylic acids is 1. The normalized spacial score (nSPS) is 21.5.